The summed E-state index contributed by atoms with van der Waals surface area (Å²) in [7, 11) is 0. The predicted octanol–water partition coefficient (Wildman–Crippen LogP) is 1.45. The molecule has 0 fully saturated rings. The van der Waals surface area contributed by atoms with Crippen molar-refractivity contribution >= 4 is 11.8 Å². The van der Waals surface area contributed by atoms with Crippen molar-refractivity contribution in [1.29, 1.82) is 10.5 Å². The van der Waals surface area contributed by atoms with E-state index in [1.807, 2.05) is 6.07 Å². The topological polar surface area (TPSA) is 111 Å². The molecule has 0 spiro atoms. The van der Waals surface area contributed by atoms with Gasteiger partial charge in [0.05, 0.1) is 23.0 Å². The lowest BCUT2D eigenvalue weighted by Crippen LogP contribution is -2.31. The number of nitrogens with zero attached hydrogens (tertiary/aromatic N) is 5. The van der Waals surface area contributed by atoms with Crippen LogP contribution in [-0.2, 0) is 6.42 Å². The maximum Gasteiger partial charge on any atom is 0.261 e. The molecule has 0 N–H and O–H groups in total. The van der Waals surface area contributed by atoms with Crippen molar-refractivity contribution in [2.24, 2.45) is 0 Å². The Morgan fingerprint density at radius 2 is 1.62 bits per heavy atom. The van der Waals surface area contributed by atoms with Gasteiger partial charge in [0.1, 0.15) is 12.1 Å². The van der Waals surface area contributed by atoms with E-state index in [4.69, 9.17) is 10.5 Å². The number of nitriles is 2. The van der Waals surface area contributed by atoms with Crippen molar-refractivity contribution in [3.63, 3.8) is 0 Å². The Balaban J connectivity index is 1.66. The molecule has 0 saturated carbocycles. The first-order chi connectivity index (χ1) is 11.7. The minimum Gasteiger partial charge on any atom is -0.274 e. The van der Waals surface area contributed by atoms with E-state index < -0.39 is 0 Å². The molecule has 24 heavy (non-hydrogen) atoms. The van der Waals surface area contributed by atoms with Crippen LogP contribution in [0, 0.1) is 22.7 Å². The molecular weight excluding hydrogens is 306 g/mol. The Labute approximate surface area is 137 Å². The summed E-state index contributed by atoms with van der Waals surface area (Å²) >= 11 is 0. The molecule has 0 atom stereocenters. The fourth-order valence-corrected chi connectivity index (χ4v) is 2.57. The van der Waals surface area contributed by atoms with Gasteiger partial charge >= 0.3 is 0 Å². The lowest BCUT2D eigenvalue weighted by molar-refractivity contribution is 0.0652. The largest absolute Gasteiger partial charge is 0.274 e. The third kappa shape index (κ3) is 2.59. The van der Waals surface area contributed by atoms with E-state index in [0.717, 1.165) is 0 Å². The van der Waals surface area contributed by atoms with Crippen molar-refractivity contribution in [3.8, 4) is 12.1 Å². The molecule has 0 bridgehead atoms. The van der Waals surface area contributed by atoms with Gasteiger partial charge < -0.3 is 0 Å². The van der Waals surface area contributed by atoms with E-state index in [1.165, 1.54) is 11.1 Å². The summed E-state index contributed by atoms with van der Waals surface area (Å²) < 4.78 is 0. The number of benzene rings is 1. The van der Waals surface area contributed by atoms with E-state index in [0.29, 0.717) is 29.7 Å². The first-order valence-electron chi connectivity index (χ1n) is 7.27. The number of aryl methyl sites for hydroxylation is 1. The molecule has 1 aliphatic rings. The summed E-state index contributed by atoms with van der Waals surface area (Å²) in [4.78, 5) is 33.6. The molecule has 0 saturated heterocycles. The van der Waals surface area contributed by atoms with E-state index in [2.05, 4.69) is 9.97 Å². The number of carbonyl (C=O) groups excluding carboxylic acids is 2. The fourth-order valence-electron chi connectivity index (χ4n) is 2.57. The Morgan fingerprint density at radius 3 is 2.21 bits per heavy atom. The van der Waals surface area contributed by atoms with Gasteiger partial charge in [0.2, 0.25) is 0 Å². The summed E-state index contributed by atoms with van der Waals surface area (Å²) in [5.74, 6) is -0.585. The SMILES string of the molecule is N#Cc1ncc(CCCN2C(=O)c3ccccc3C2=O)nc1C#N. The smallest absolute Gasteiger partial charge is 0.261 e. The Hall–Kier alpha value is -3.58. The fraction of sp³-hybridized carbons (Fsp3) is 0.176. The van der Waals surface area contributed by atoms with Crippen molar-refractivity contribution in [2.45, 2.75) is 12.8 Å². The lowest BCUT2D eigenvalue weighted by Gasteiger charge is -2.13. The minimum atomic E-state index is -0.292. The van der Waals surface area contributed by atoms with Crippen LogP contribution in [0.2, 0.25) is 0 Å². The number of fused-ring (bicyclic) bond motifs is 1. The second kappa shape index (κ2) is 6.27. The van der Waals surface area contributed by atoms with Crippen LogP contribution in [0.15, 0.2) is 30.5 Å². The average Bonchev–Trinajstić information content (AvgIpc) is 2.86. The van der Waals surface area contributed by atoms with E-state index in [-0.39, 0.29) is 29.7 Å². The number of rotatable bonds is 4. The van der Waals surface area contributed by atoms with Gasteiger partial charge in [-0.15, -0.1) is 0 Å². The van der Waals surface area contributed by atoms with Crippen LogP contribution in [-0.4, -0.2) is 33.2 Å². The number of imide groups is 1. The van der Waals surface area contributed by atoms with Gasteiger partial charge in [-0.1, -0.05) is 12.1 Å². The van der Waals surface area contributed by atoms with Crippen LogP contribution >= 0.6 is 0 Å². The second-order valence-electron chi connectivity index (χ2n) is 5.19. The van der Waals surface area contributed by atoms with E-state index >= 15 is 0 Å². The van der Waals surface area contributed by atoms with Crippen LogP contribution in [0.25, 0.3) is 0 Å². The van der Waals surface area contributed by atoms with Crippen LogP contribution in [0.3, 0.4) is 0 Å². The highest BCUT2D eigenvalue weighted by atomic mass is 16.2. The average molecular weight is 317 g/mol. The normalized spacial score (nSPS) is 12.7. The summed E-state index contributed by atoms with van der Waals surface area (Å²) in [6.07, 6.45) is 2.37. The number of aromatic nitrogens is 2. The highest BCUT2D eigenvalue weighted by Crippen LogP contribution is 2.22. The Morgan fingerprint density at radius 1 is 1.00 bits per heavy atom. The lowest BCUT2D eigenvalue weighted by atomic mass is 10.1. The van der Waals surface area contributed by atoms with Crippen LogP contribution in [0.4, 0.5) is 0 Å². The molecule has 2 amide bonds. The highest BCUT2D eigenvalue weighted by Gasteiger charge is 2.34. The molecular formula is C17H11N5O2. The molecule has 7 nitrogen and oxygen atoms in total. The number of hydrogen-bond donors (Lipinski definition) is 0. The molecule has 3 rings (SSSR count). The van der Waals surface area contributed by atoms with Gasteiger partial charge in [0.25, 0.3) is 11.8 Å². The van der Waals surface area contributed by atoms with Gasteiger partial charge in [-0.3, -0.25) is 14.5 Å². The summed E-state index contributed by atoms with van der Waals surface area (Å²) in [6.45, 7) is 0.260. The molecule has 0 aliphatic carbocycles. The third-order valence-corrected chi connectivity index (χ3v) is 3.73. The van der Waals surface area contributed by atoms with Crippen LogP contribution < -0.4 is 0 Å². The molecule has 2 heterocycles. The van der Waals surface area contributed by atoms with Gasteiger partial charge in [0, 0.05) is 6.54 Å². The molecule has 1 aliphatic heterocycles. The van der Waals surface area contributed by atoms with Crippen LogP contribution in [0.5, 0.6) is 0 Å². The minimum absolute atomic E-state index is 0.0124. The summed E-state index contributed by atoms with van der Waals surface area (Å²) in [6, 6.07) is 10.4. The molecule has 7 heteroatoms. The van der Waals surface area contributed by atoms with Crippen molar-refractivity contribution < 1.29 is 9.59 Å². The second-order valence-corrected chi connectivity index (χ2v) is 5.19. The number of hydrogen-bond acceptors (Lipinski definition) is 6. The first-order valence-corrected chi connectivity index (χ1v) is 7.27. The van der Waals surface area contributed by atoms with Gasteiger partial charge in [0.15, 0.2) is 11.4 Å². The third-order valence-electron chi connectivity index (χ3n) is 3.73. The van der Waals surface area contributed by atoms with Crippen molar-refractivity contribution in [1.82, 2.24) is 14.9 Å². The first kappa shape index (κ1) is 15.3. The Kier molecular flexibility index (Phi) is 4.00. The van der Waals surface area contributed by atoms with Gasteiger partial charge in [-0.05, 0) is 25.0 Å². The maximum atomic E-state index is 12.2. The monoisotopic (exact) mass is 317 g/mol. The molecule has 1 aromatic carbocycles. The molecule has 116 valence electrons. The molecule has 1 aromatic heterocycles. The van der Waals surface area contributed by atoms with Gasteiger partial charge in [-0.2, -0.15) is 10.5 Å². The zero-order chi connectivity index (χ0) is 17.1. The van der Waals surface area contributed by atoms with Crippen molar-refractivity contribution in [3.05, 3.63) is 58.7 Å². The van der Waals surface area contributed by atoms with Gasteiger partial charge in [-0.25, -0.2) is 9.97 Å². The number of carbonyl (C=O) groups is 2. The summed E-state index contributed by atoms with van der Waals surface area (Å²) in [5, 5.41) is 17.8. The maximum absolute atomic E-state index is 12.2. The molecule has 2 aromatic rings. The summed E-state index contributed by atoms with van der Waals surface area (Å²) in [5.41, 5.74) is 1.36. The highest BCUT2D eigenvalue weighted by molar-refractivity contribution is 6.21. The zero-order valence-electron chi connectivity index (χ0n) is 12.6. The zero-order valence-corrected chi connectivity index (χ0v) is 12.6. The molecule has 0 radical (unpaired) electrons. The standard InChI is InChI=1S/C17H11N5O2/c18-8-14-15(9-19)21-11(10-20-14)4-3-7-22-16(23)12-5-1-2-6-13(12)17(22)24/h1-2,5-6,10H,3-4,7H2. The molecule has 0 unspecified atom stereocenters. The predicted molar refractivity (Wildman–Crippen MR) is 81.6 cm³/mol. The van der Waals surface area contributed by atoms with E-state index in [9.17, 15) is 9.59 Å². The Bertz CT molecular complexity index is 888. The van der Waals surface area contributed by atoms with E-state index in [1.54, 1.807) is 30.3 Å². The van der Waals surface area contributed by atoms with Crippen molar-refractivity contribution in [2.75, 3.05) is 6.54 Å². The number of amides is 2. The van der Waals surface area contributed by atoms with Crippen LogP contribution in [0.1, 0.15) is 44.2 Å². The quantitative estimate of drug-likeness (QED) is 0.789.